The quantitative estimate of drug-likeness (QED) is 0.772. The van der Waals surface area contributed by atoms with Crippen molar-refractivity contribution in [3.8, 4) is 0 Å². The summed E-state index contributed by atoms with van der Waals surface area (Å²) in [7, 11) is 0.0385. The first-order valence-corrected chi connectivity index (χ1v) is 8.30. The maximum absolute atomic E-state index is 11.6. The molecule has 19 heavy (non-hydrogen) atoms. The number of rotatable bonds is 7. The Morgan fingerprint density at radius 3 is 2.58 bits per heavy atom. The van der Waals surface area contributed by atoms with Crippen molar-refractivity contribution in [3.63, 3.8) is 0 Å². The number of nitrogens with zero attached hydrogens (tertiary/aromatic N) is 1. The van der Waals surface area contributed by atoms with Crippen LogP contribution in [0.3, 0.4) is 0 Å². The highest BCUT2D eigenvalue weighted by molar-refractivity contribution is 7.89. The molecule has 0 unspecified atom stereocenters. The molecule has 1 saturated carbocycles. The van der Waals surface area contributed by atoms with Crippen molar-refractivity contribution in [2.24, 2.45) is 0 Å². The van der Waals surface area contributed by atoms with Crippen LogP contribution < -0.4 is 5.32 Å². The molecule has 1 fully saturated rings. The van der Waals surface area contributed by atoms with E-state index in [1.807, 2.05) is 6.07 Å². The highest BCUT2D eigenvalue weighted by Gasteiger charge is 2.25. The summed E-state index contributed by atoms with van der Waals surface area (Å²) in [6.07, 6.45) is 2.57. The molecule has 0 aliphatic heterocycles. The second-order valence-corrected chi connectivity index (χ2v) is 7.55. The van der Waals surface area contributed by atoms with Crippen LogP contribution in [-0.4, -0.2) is 39.1 Å². The summed E-state index contributed by atoms with van der Waals surface area (Å²) in [6.45, 7) is 1.23. The lowest BCUT2D eigenvalue weighted by atomic mass is 10.0. The summed E-state index contributed by atoms with van der Waals surface area (Å²) in [5, 5.41) is 3.23. The molecule has 1 aliphatic carbocycles. The lowest BCUT2D eigenvalue weighted by Gasteiger charge is -2.13. The Hall–Kier alpha value is -0.910. The normalized spacial score (nSPS) is 15.9. The molecule has 1 aromatic rings. The number of benzene rings is 1. The molecule has 0 saturated heterocycles. The van der Waals surface area contributed by atoms with E-state index < -0.39 is 10.0 Å². The van der Waals surface area contributed by atoms with Crippen LogP contribution >= 0.6 is 0 Å². The van der Waals surface area contributed by atoms with Gasteiger partial charge in [0.25, 0.3) is 0 Å². The van der Waals surface area contributed by atoms with Crippen molar-refractivity contribution in [1.29, 1.82) is 0 Å². The van der Waals surface area contributed by atoms with Gasteiger partial charge in [0.1, 0.15) is 0 Å². The monoisotopic (exact) mass is 282 g/mol. The zero-order valence-electron chi connectivity index (χ0n) is 11.6. The van der Waals surface area contributed by atoms with Crippen molar-refractivity contribution in [1.82, 2.24) is 9.62 Å². The van der Waals surface area contributed by atoms with Gasteiger partial charge in [0, 0.05) is 27.2 Å². The van der Waals surface area contributed by atoms with Gasteiger partial charge in [-0.1, -0.05) is 24.3 Å². The van der Waals surface area contributed by atoms with Crippen LogP contribution in [0, 0.1) is 0 Å². The van der Waals surface area contributed by atoms with E-state index in [4.69, 9.17) is 0 Å². The van der Waals surface area contributed by atoms with Crippen molar-refractivity contribution in [2.75, 3.05) is 26.4 Å². The highest BCUT2D eigenvalue weighted by atomic mass is 32.2. The first kappa shape index (κ1) is 14.5. The third kappa shape index (κ3) is 4.03. The average molecular weight is 282 g/mol. The van der Waals surface area contributed by atoms with E-state index in [0.29, 0.717) is 6.54 Å². The number of sulfonamides is 1. The zero-order chi connectivity index (χ0) is 13.9. The van der Waals surface area contributed by atoms with E-state index in [-0.39, 0.29) is 5.75 Å². The van der Waals surface area contributed by atoms with Gasteiger partial charge in [-0.15, -0.1) is 0 Å². The predicted molar refractivity (Wildman–Crippen MR) is 77.6 cm³/mol. The Morgan fingerprint density at radius 2 is 1.95 bits per heavy atom. The molecule has 1 aromatic carbocycles. The smallest absolute Gasteiger partial charge is 0.214 e. The number of hydrogen-bond donors (Lipinski definition) is 1. The van der Waals surface area contributed by atoms with E-state index in [9.17, 15) is 8.42 Å². The van der Waals surface area contributed by atoms with Gasteiger partial charge >= 0.3 is 0 Å². The van der Waals surface area contributed by atoms with Gasteiger partial charge in [-0.05, 0) is 29.9 Å². The molecule has 2 rings (SSSR count). The van der Waals surface area contributed by atoms with Crippen LogP contribution in [0.4, 0.5) is 0 Å². The molecule has 4 nitrogen and oxygen atoms in total. The molecule has 5 heteroatoms. The summed E-state index contributed by atoms with van der Waals surface area (Å²) in [4.78, 5) is 0. The minimum Gasteiger partial charge on any atom is -0.312 e. The zero-order valence-corrected chi connectivity index (χ0v) is 12.4. The van der Waals surface area contributed by atoms with Crippen LogP contribution in [0.2, 0.25) is 0 Å². The third-order valence-corrected chi connectivity index (χ3v) is 5.31. The molecule has 1 N–H and O–H groups in total. The minimum atomic E-state index is -3.10. The van der Waals surface area contributed by atoms with Gasteiger partial charge in [-0.3, -0.25) is 0 Å². The van der Waals surface area contributed by atoms with Crippen LogP contribution in [0.25, 0.3) is 0 Å². The second-order valence-electron chi connectivity index (χ2n) is 5.25. The third-order valence-electron chi connectivity index (χ3n) is 3.48. The fourth-order valence-corrected chi connectivity index (χ4v) is 2.86. The molecule has 1 aliphatic rings. The molecule has 0 atom stereocenters. The van der Waals surface area contributed by atoms with Crippen molar-refractivity contribution >= 4 is 10.0 Å². The Bertz CT molecular complexity index is 522. The summed E-state index contributed by atoms with van der Waals surface area (Å²) in [5.74, 6) is 0.870. The van der Waals surface area contributed by atoms with Gasteiger partial charge < -0.3 is 5.32 Å². The van der Waals surface area contributed by atoms with Gasteiger partial charge in [-0.25, -0.2) is 12.7 Å². The molecule has 0 amide bonds. The molecule has 0 radical (unpaired) electrons. The summed E-state index contributed by atoms with van der Waals surface area (Å²) in [6, 6.07) is 8.43. The van der Waals surface area contributed by atoms with Gasteiger partial charge in [0.15, 0.2) is 0 Å². The SMILES string of the molecule is CN(C)S(=O)(=O)CCNCc1ccccc1C1CC1. The molecular formula is C14H22N2O2S. The molecule has 0 bridgehead atoms. The van der Waals surface area contributed by atoms with E-state index in [0.717, 1.165) is 12.5 Å². The molecule has 106 valence electrons. The lowest BCUT2D eigenvalue weighted by molar-refractivity contribution is 0.517. The molecule has 0 spiro atoms. The first-order chi connectivity index (χ1) is 9.00. The Morgan fingerprint density at radius 1 is 1.26 bits per heavy atom. The minimum absolute atomic E-state index is 0.144. The number of nitrogens with one attached hydrogen (secondary N) is 1. The fraction of sp³-hybridized carbons (Fsp3) is 0.571. The van der Waals surface area contributed by atoms with E-state index in [1.54, 1.807) is 14.1 Å². The largest absolute Gasteiger partial charge is 0.312 e. The first-order valence-electron chi connectivity index (χ1n) is 6.69. The number of hydrogen-bond acceptors (Lipinski definition) is 3. The Labute approximate surface area is 115 Å². The van der Waals surface area contributed by atoms with Crippen LogP contribution in [-0.2, 0) is 16.6 Å². The van der Waals surface area contributed by atoms with E-state index in [2.05, 4.69) is 23.5 Å². The van der Waals surface area contributed by atoms with Gasteiger partial charge in [-0.2, -0.15) is 0 Å². The lowest BCUT2D eigenvalue weighted by Crippen LogP contribution is -2.31. The Balaban J connectivity index is 1.83. The molecule has 0 heterocycles. The molecular weight excluding hydrogens is 260 g/mol. The van der Waals surface area contributed by atoms with Crippen LogP contribution in [0.5, 0.6) is 0 Å². The average Bonchev–Trinajstić information content (AvgIpc) is 3.19. The standard InChI is InChI=1S/C14H22N2O2S/c1-16(2)19(17,18)10-9-15-11-13-5-3-4-6-14(13)12-7-8-12/h3-6,12,15H,7-11H2,1-2H3. The Kier molecular flexibility index (Phi) is 4.60. The summed E-state index contributed by atoms with van der Waals surface area (Å²) >= 11 is 0. The maximum atomic E-state index is 11.6. The van der Waals surface area contributed by atoms with Crippen molar-refractivity contribution in [3.05, 3.63) is 35.4 Å². The van der Waals surface area contributed by atoms with Gasteiger partial charge in [0.05, 0.1) is 5.75 Å². The molecule has 0 aromatic heterocycles. The van der Waals surface area contributed by atoms with E-state index in [1.165, 1.54) is 28.3 Å². The van der Waals surface area contributed by atoms with Gasteiger partial charge in [0.2, 0.25) is 10.0 Å². The van der Waals surface area contributed by atoms with E-state index >= 15 is 0 Å². The summed E-state index contributed by atoms with van der Waals surface area (Å²) in [5.41, 5.74) is 2.72. The van der Waals surface area contributed by atoms with Crippen molar-refractivity contribution in [2.45, 2.75) is 25.3 Å². The predicted octanol–water partition coefficient (Wildman–Crippen LogP) is 1.55. The van der Waals surface area contributed by atoms with Crippen molar-refractivity contribution < 1.29 is 8.42 Å². The van der Waals surface area contributed by atoms with Crippen LogP contribution in [0.1, 0.15) is 29.9 Å². The highest BCUT2D eigenvalue weighted by Crippen LogP contribution is 2.41. The maximum Gasteiger partial charge on any atom is 0.214 e. The fourth-order valence-electron chi connectivity index (χ4n) is 2.09. The summed E-state index contributed by atoms with van der Waals surface area (Å²) < 4.78 is 24.5. The topological polar surface area (TPSA) is 49.4 Å². The van der Waals surface area contributed by atoms with Crippen LogP contribution in [0.15, 0.2) is 24.3 Å². The second kappa shape index (κ2) is 6.03.